The highest BCUT2D eigenvalue weighted by atomic mass is 79.9. The summed E-state index contributed by atoms with van der Waals surface area (Å²) < 4.78 is 56.2. The molecule has 1 aromatic heterocycles. The maximum Gasteiger partial charge on any atom is 0.162 e. The number of benzene rings is 3. The van der Waals surface area contributed by atoms with Crippen molar-refractivity contribution in [2.75, 3.05) is 23.4 Å². The van der Waals surface area contributed by atoms with E-state index in [2.05, 4.69) is 31.2 Å². The Labute approximate surface area is 253 Å². The third-order valence-electron chi connectivity index (χ3n) is 7.26. The lowest BCUT2D eigenvalue weighted by atomic mass is 9.85. The number of nitrogens with one attached hydrogen (secondary N) is 1. The SMILES string of the molecule is CCS(=O)(=O)CCOC(C)C1(c2ccc3ncnc(Nc4ccc(OCc5cccc(F)c5)c(Br)c4)c3c2)CC=CO1. The predicted octanol–water partition coefficient (Wildman–Crippen LogP) is 6.82. The van der Waals surface area contributed by atoms with Crippen LogP contribution in [0.25, 0.3) is 10.9 Å². The fraction of sp³-hybridized carbons (Fsp3) is 0.290. The summed E-state index contributed by atoms with van der Waals surface area (Å²) in [5, 5.41) is 4.16. The molecule has 1 aliphatic rings. The zero-order valence-electron chi connectivity index (χ0n) is 23.2. The van der Waals surface area contributed by atoms with Crippen LogP contribution in [0.4, 0.5) is 15.9 Å². The molecule has 5 rings (SSSR count). The molecule has 1 N–H and O–H groups in total. The van der Waals surface area contributed by atoms with Crippen molar-refractivity contribution in [2.24, 2.45) is 0 Å². The molecule has 0 saturated carbocycles. The minimum Gasteiger partial charge on any atom is -0.488 e. The van der Waals surface area contributed by atoms with Crippen molar-refractivity contribution in [3.63, 3.8) is 0 Å². The van der Waals surface area contributed by atoms with Crippen molar-refractivity contribution in [3.8, 4) is 5.75 Å². The number of hydrogen-bond acceptors (Lipinski definition) is 8. The number of fused-ring (bicyclic) bond motifs is 1. The van der Waals surface area contributed by atoms with E-state index in [1.54, 1.807) is 19.3 Å². The highest BCUT2D eigenvalue weighted by molar-refractivity contribution is 9.10. The highest BCUT2D eigenvalue weighted by Gasteiger charge is 2.42. The number of nitrogens with zero attached hydrogens (tertiary/aromatic N) is 2. The highest BCUT2D eigenvalue weighted by Crippen LogP contribution is 2.41. The van der Waals surface area contributed by atoms with Gasteiger partial charge in [0.05, 0.1) is 34.7 Å². The van der Waals surface area contributed by atoms with Crippen LogP contribution in [0.2, 0.25) is 0 Å². The van der Waals surface area contributed by atoms with Gasteiger partial charge in [0, 0.05) is 23.2 Å². The monoisotopic (exact) mass is 655 g/mol. The topological polar surface area (TPSA) is 99.6 Å². The molecule has 2 heterocycles. The molecule has 0 radical (unpaired) electrons. The average Bonchev–Trinajstić information content (AvgIpc) is 3.48. The molecule has 42 heavy (non-hydrogen) atoms. The molecule has 0 bridgehead atoms. The zero-order chi connectivity index (χ0) is 29.7. The lowest BCUT2D eigenvalue weighted by Crippen LogP contribution is -2.39. The number of ether oxygens (including phenoxy) is 3. The fourth-order valence-corrected chi connectivity index (χ4v) is 5.93. The second-order valence-corrected chi connectivity index (χ2v) is 13.3. The summed E-state index contributed by atoms with van der Waals surface area (Å²) in [6.45, 7) is 3.84. The molecule has 0 amide bonds. The fourth-order valence-electron chi connectivity index (χ4n) is 4.79. The van der Waals surface area contributed by atoms with Gasteiger partial charge in [0.1, 0.15) is 30.3 Å². The molecule has 2 atom stereocenters. The second kappa shape index (κ2) is 12.8. The molecule has 11 heteroatoms. The summed E-state index contributed by atoms with van der Waals surface area (Å²) in [6.07, 6.45) is 5.24. The third kappa shape index (κ3) is 6.74. The maximum atomic E-state index is 13.5. The zero-order valence-corrected chi connectivity index (χ0v) is 25.6. The standard InChI is InChI=1S/C31H31BrFN3O5S/c1-3-42(37,38)15-14-39-21(2)31(12-5-13-41-31)23-8-10-28-26(17-23)30(35-20-34-28)36-25-9-11-29(27(32)18-25)40-19-22-6-4-7-24(33)16-22/h4-11,13,16-18,20-21H,3,12,14-15,19H2,1-2H3,(H,34,35,36). The van der Waals surface area contributed by atoms with Gasteiger partial charge in [-0.3, -0.25) is 0 Å². The van der Waals surface area contributed by atoms with Crippen LogP contribution in [0, 0.1) is 5.82 Å². The molecule has 0 aliphatic carbocycles. The van der Waals surface area contributed by atoms with Gasteiger partial charge in [-0.2, -0.15) is 0 Å². The van der Waals surface area contributed by atoms with Crippen LogP contribution in [0.1, 0.15) is 31.4 Å². The number of hydrogen-bond donors (Lipinski definition) is 1. The van der Waals surface area contributed by atoms with Crippen molar-refractivity contribution in [1.82, 2.24) is 9.97 Å². The molecule has 1 aliphatic heterocycles. The van der Waals surface area contributed by atoms with Gasteiger partial charge in [-0.1, -0.05) is 25.1 Å². The number of rotatable bonds is 12. The van der Waals surface area contributed by atoms with Crippen molar-refractivity contribution < 1.29 is 27.0 Å². The molecule has 8 nitrogen and oxygen atoms in total. The normalized spacial score (nSPS) is 17.2. The lowest BCUT2D eigenvalue weighted by molar-refractivity contribution is -0.0964. The Hall–Kier alpha value is -3.54. The van der Waals surface area contributed by atoms with E-state index in [0.717, 1.165) is 32.2 Å². The lowest BCUT2D eigenvalue weighted by Gasteiger charge is -2.35. The van der Waals surface area contributed by atoms with E-state index in [1.807, 2.05) is 55.5 Å². The van der Waals surface area contributed by atoms with E-state index in [4.69, 9.17) is 14.2 Å². The predicted molar refractivity (Wildman–Crippen MR) is 164 cm³/mol. The van der Waals surface area contributed by atoms with Crippen LogP contribution in [0.5, 0.6) is 5.75 Å². The Balaban J connectivity index is 1.36. The summed E-state index contributed by atoms with van der Waals surface area (Å²) in [4.78, 5) is 8.94. The summed E-state index contributed by atoms with van der Waals surface area (Å²) in [7, 11) is -3.14. The summed E-state index contributed by atoms with van der Waals surface area (Å²) in [5.41, 5.74) is 2.30. The largest absolute Gasteiger partial charge is 0.488 e. The van der Waals surface area contributed by atoms with Crippen LogP contribution >= 0.6 is 15.9 Å². The van der Waals surface area contributed by atoms with Gasteiger partial charge < -0.3 is 19.5 Å². The Kier molecular flexibility index (Phi) is 9.10. The molecule has 220 valence electrons. The van der Waals surface area contributed by atoms with Gasteiger partial charge >= 0.3 is 0 Å². The quantitative estimate of drug-likeness (QED) is 0.177. The first kappa shape index (κ1) is 29.9. The minimum absolute atomic E-state index is 0.0405. The van der Waals surface area contributed by atoms with Gasteiger partial charge in [-0.15, -0.1) is 0 Å². The molecule has 2 unspecified atom stereocenters. The van der Waals surface area contributed by atoms with Crippen LogP contribution in [-0.4, -0.2) is 42.6 Å². The van der Waals surface area contributed by atoms with Gasteiger partial charge in [-0.25, -0.2) is 22.8 Å². The molecular formula is C31H31BrFN3O5S. The minimum atomic E-state index is -3.14. The van der Waals surface area contributed by atoms with Gasteiger partial charge in [-0.05, 0) is 82.5 Å². The van der Waals surface area contributed by atoms with Crippen LogP contribution in [0.15, 0.2) is 83.8 Å². The van der Waals surface area contributed by atoms with Crippen LogP contribution in [0.3, 0.4) is 0 Å². The van der Waals surface area contributed by atoms with Crippen molar-refractivity contribution in [3.05, 3.63) is 101 Å². The van der Waals surface area contributed by atoms with Gasteiger partial charge in [0.25, 0.3) is 0 Å². The second-order valence-electron chi connectivity index (χ2n) is 9.98. The third-order valence-corrected chi connectivity index (χ3v) is 9.54. The maximum absolute atomic E-state index is 13.5. The van der Waals surface area contributed by atoms with E-state index in [-0.39, 0.29) is 30.5 Å². The van der Waals surface area contributed by atoms with Crippen molar-refractivity contribution in [1.29, 1.82) is 0 Å². The molecule has 0 fully saturated rings. The molecule has 3 aromatic carbocycles. The number of anilines is 2. The van der Waals surface area contributed by atoms with Crippen LogP contribution in [-0.2, 0) is 31.5 Å². The van der Waals surface area contributed by atoms with Crippen molar-refractivity contribution >= 4 is 48.2 Å². The van der Waals surface area contributed by atoms with E-state index < -0.39 is 21.5 Å². The average molecular weight is 657 g/mol. The first-order valence-corrected chi connectivity index (χ1v) is 16.1. The summed E-state index contributed by atoms with van der Waals surface area (Å²) in [6, 6.07) is 17.7. The number of halogens is 2. The number of aromatic nitrogens is 2. The van der Waals surface area contributed by atoms with E-state index >= 15 is 0 Å². The Bertz CT molecular complexity index is 1710. The Morgan fingerprint density at radius 1 is 1.14 bits per heavy atom. The van der Waals surface area contributed by atoms with Crippen LogP contribution < -0.4 is 10.1 Å². The van der Waals surface area contributed by atoms with Crippen molar-refractivity contribution in [2.45, 2.75) is 38.6 Å². The van der Waals surface area contributed by atoms with E-state index in [0.29, 0.717) is 18.0 Å². The first-order valence-electron chi connectivity index (χ1n) is 13.5. The molecular weight excluding hydrogens is 625 g/mol. The molecule has 0 spiro atoms. The first-order chi connectivity index (χ1) is 20.2. The Morgan fingerprint density at radius 2 is 2.00 bits per heavy atom. The molecule has 4 aromatic rings. The number of sulfone groups is 1. The summed E-state index contributed by atoms with van der Waals surface area (Å²) in [5.74, 6) is 0.955. The Morgan fingerprint density at radius 3 is 2.74 bits per heavy atom. The molecule has 0 saturated heterocycles. The van der Waals surface area contributed by atoms with Gasteiger partial charge in [0.15, 0.2) is 15.4 Å². The van der Waals surface area contributed by atoms with E-state index in [1.165, 1.54) is 18.5 Å². The van der Waals surface area contributed by atoms with Gasteiger partial charge in [0.2, 0.25) is 0 Å². The van der Waals surface area contributed by atoms with E-state index in [9.17, 15) is 12.8 Å². The smallest absolute Gasteiger partial charge is 0.162 e. The summed E-state index contributed by atoms with van der Waals surface area (Å²) >= 11 is 3.57.